The van der Waals surface area contributed by atoms with Gasteiger partial charge in [0.2, 0.25) is 5.91 Å². The van der Waals surface area contributed by atoms with Crippen LogP contribution in [0.2, 0.25) is 0 Å². The van der Waals surface area contributed by atoms with Crippen LogP contribution in [0.15, 0.2) is 0 Å². The molecule has 0 spiro atoms. The SMILES string of the molecule is CC(=O)N(C(C)C)[C@H]1CCCN(CCO)C1. The molecule has 1 amide bonds. The molecule has 0 aromatic carbocycles. The Morgan fingerprint density at radius 3 is 2.75 bits per heavy atom. The van der Waals surface area contributed by atoms with E-state index in [1.807, 2.05) is 4.90 Å². The molecular weight excluding hydrogens is 204 g/mol. The number of carbonyl (C=O) groups excluding carboxylic acids is 1. The number of hydrogen-bond acceptors (Lipinski definition) is 3. The van der Waals surface area contributed by atoms with Gasteiger partial charge in [0.25, 0.3) is 0 Å². The summed E-state index contributed by atoms with van der Waals surface area (Å²) in [7, 11) is 0. The van der Waals surface area contributed by atoms with Gasteiger partial charge in [0.05, 0.1) is 6.61 Å². The van der Waals surface area contributed by atoms with Crippen molar-refractivity contribution >= 4 is 5.91 Å². The maximum atomic E-state index is 11.6. The van der Waals surface area contributed by atoms with Gasteiger partial charge in [-0.15, -0.1) is 0 Å². The topological polar surface area (TPSA) is 43.8 Å². The molecule has 94 valence electrons. The first kappa shape index (κ1) is 13.5. The Kier molecular flexibility index (Phi) is 5.22. The maximum absolute atomic E-state index is 11.6. The van der Waals surface area contributed by atoms with Gasteiger partial charge in [-0.25, -0.2) is 0 Å². The van der Waals surface area contributed by atoms with E-state index in [9.17, 15) is 4.79 Å². The lowest BCUT2D eigenvalue weighted by molar-refractivity contribution is -0.134. The minimum absolute atomic E-state index is 0.158. The molecule has 0 unspecified atom stereocenters. The second-order valence-corrected chi connectivity index (χ2v) is 4.84. The largest absolute Gasteiger partial charge is 0.395 e. The molecule has 1 saturated heterocycles. The summed E-state index contributed by atoms with van der Waals surface area (Å²) in [6.45, 7) is 8.64. The summed E-state index contributed by atoms with van der Waals surface area (Å²) < 4.78 is 0. The summed E-state index contributed by atoms with van der Waals surface area (Å²) >= 11 is 0. The second kappa shape index (κ2) is 6.21. The molecule has 1 fully saturated rings. The molecule has 0 aromatic heterocycles. The molecule has 1 aliphatic heterocycles. The third-order valence-electron chi connectivity index (χ3n) is 3.21. The molecule has 0 saturated carbocycles. The van der Waals surface area contributed by atoms with Gasteiger partial charge in [0.15, 0.2) is 0 Å². The van der Waals surface area contributed by atoms with E-state index in [4.69, 9.17) is 5.11 Å². The Balaban J connectivity index is 2.59. The zero-order valence-electron chi connectivity index (χ0n) is 10.6. The van der Waals surface area contributed by atoms with Crippen molar-refractivity contribution in [3.05, 3.63) is 0 Å². The van der Waals surface area contributed by atoms with Crippen LogP contribution in [0.25, 0.3) is 0 Å². The van der Waals surface area contributed by atoms with E-state index < -0.39 is 0 Å². The van der Waals surface area contributed by atoms with E-state index in [0.717, 1.165) is 32.5 Å². The van der Waals surface area contributed by atoms with Gasteiger partial charge in [-0.1, -0.05) is 0 Å². The van der Waals surface area contributed by atoms with E-state index in [-0.39, 0.29) is 18.6 Å². The minimum atomic E-state index is 0.158. The number of aliphatic hydroxyl groups is 1. The van der Waals surface area contributed by atoms with Crippen LogP contribution in [-0.4, -0.2) is 59.1 Å². The predicted octanol–water partition coefficient (Wildman–Crippen LogP) is 0.700. The van der Waals surface area contributed by atoms with Crippen molar-refractivity contribution < 1.29 is 9.90 Å². The third-order valence-corrected chi connectivity index (χ3v) is 3.21. The number of amides is 1. The van der Waals surface area contributed by atoms with Gasteiger partial charge >= 0.3 is 0 Å². The number of β-amino-alcohol motifs (C(OH)–C–C–N with tert-alkyl or cyclic N) is 1. The van der Waals surface area contributed by atoms with Crippen molar-refractivity contribution in [3.63, 3.8) is 0 Å². The van der Waals surface area contributed by atoms with Crippen molar-refractivity contribution in [2.45, 2.75) is 45.7 Å². The molecule has 0 aliphatic carbocycles. The Morgan fingerprint density at radius 2 is 2.25 bits per heavy atom. The Morgan fingerprint density at radius 1 is 1.56 bits per heavy atom. The van der Waals surface area contributed by atoms with Crippen LogP contribution in [0.1, 0.15) is 33.6 Å². The molecule has 0 aromatic rings. The molecule has 4 nitrogen and oxygen atoms in total. The maximum Gasteiger partial charge on any atom is 0.219 e. The fourth-order valence-corrected chi connectivity index (χ4v) is 2.65. The van der Waals surface area contributed by atoms with Crippen LogP contribution < -0.4 is 0 Å². The first-order valence-electron chi connectivity index (χ1n) is 6.18. The fourth-order valence-electron chi connectivity index (χ4n) is 2.65. The number of likely N-dealkylation sites (tertiary alicyclic amines) is 1. The van der Waals surface area contributed by atoms with Crippen LogP contribution in [0.5, 0.6) is 0 Å². The highest BCUT2D eigenvalue weighted by Gasteiger charge is 2.28. The fraction of sp³-hybridized carbons (Fsp3) is 0.917. The average Bonchev–Trinajstić information content (AvgIpc) is 2.17. The Hall–Kier alpha value is -0.610. The van der Waals surface area contributed by atoms with Crippen LogP contribution in [0.4, 0.5) is 0 Å². The first-order valence-corrected chi connectivity index (χ1v) is 6.18. The molecule has 1 rings (SSSR count). The summed E-state index contributed by atoms with van der Waals surface area (Å²) in [6, 6.07) is 0.578. The van der Waals surface area contributed by atoms with Crippen molar-refractivity contribution in [2.24, 2.45) is 0 Å². The smallest absolute Gasteiger partial charge is 0.219 e. The first-order chi connectivity index (χ1) is 7.56. The second-order valence-electron chi connectivity index (χ2n) is 4.84. The number of carbonyl (C=O) groups is 1. The third kappa shape index (κ3) is 3.46. The number of piperidine rings is 1. The number of aliphatic hydroxyl groups excluding tert-OH is 1. The van der Waals surface area contributed by atoms with Crippen LogP contribution >= 0.6 is 0 Å². The molecule has 1 N–H and O–H groups in total. The zero-order chi connectivity index (χ0) is 12.1. The van der Waals surface area contributed by atoms with Gasteiger partial charge in [-0.05, 0) is 33.2 Å². The lowest BCUT2D eigenvalue weighted by Crippen LogP contribution is -2.52. The highest BCUT2D eigenvalue weighted by Crippen LogP contribution is 2.18. The van der Waals surface area contributed by atoms with Gasteiger partial charge in [-0.3, -0.25) is 9.69 Å². The molecule has 16 heavy (non-hydrogen) atoms. The van der Waals surface area contributed by atoms with E-state index in [2.05, 4.69) is 18.7 Å². The van der Waals surface area contributed by atoms with E-state index in [1.165, 1.54) is 0 Å². The Bertz CT molecular complexity index is 229. The lowest BCUT2D eigenvalue weighted by atomic mass is 10.0. The van der Waals surface area contributed by atoms with Gasteiger partial charge in [-0.2, -0.15) is 0 Å². The summed E-state index contributed by atoms with van der Waals surface area (Å²) in [5.41, 5.74) is 0. The van der Waals surface area contributed by atoms with Crippen molar-refractivity contribution in [3.8, 4) is 0 Å². The highest BCUT2D eigenvalue weighted by atomic mass is 16.3. The average molecular weight is 228 g/mol. The normalized spacial score (nSPS) is 22.4. The van der Waals surface area contributed by atoms with Crippen molar-refractivity contribution in [1.29, 1.82) is 0 Å². The Labute approximate surface area is 98.2 Å². The molecule has 1 aliphatic rings. The van der Waals surface area contributed by atoms with Crippen molar-refractivity contribution in [2.75, 3.05) is 26.2 Å². The molecule has 1 atom stereocenters. The highest BCUT2D eigenvalue weighted by molar-refractivity contribution is 5.74. The number of hydrogen-bond donors (Lipinski definition) is 1. The van der Waals surface area contributed by atoms with E-state index in [1.54, 1.807) is 6.92 Å². The van der Waals surface area contributed by atoms with Crippen molar-refractivity contribution in [1.82, 2.24) is 9.80 Å². The lowest BCUT2D eigenvalue weighted by Gasteiger charge is -2.40. The zero-order valence-corrected chi connectivity index (χ0v) is 10.6. The summed E-state index contributed by atoms with van der Waals surface area (Å²) in [6.07, 6.45) is 2.20. The summed E-state index contributed by atoms with van der Waals surface area (Å²) in [4.78, 5) is 15.8. The summed E-state index contributed by atoms with van der Waals surface area (Å²) in [5.74, 6) is 0.158. The molecule has 0 bridgehead atoms. The van der Waals surface area contributed by atoms with Gasteiger partial charge < -0.3 is 10.0 Å². The monoisotopic (exact) mass is 228 g/mol. The molecule has 0 radical (unpaired) electrons. The van der Waals surface area contributed by atoms with Gasteiger partial charge in [0, 0.05) is 32.1 Å². The minimum Gasteiger partial charge on any atom is -0.395 e. The molecule has 1 heterocycles. The predicted molar refractivity (Wildman–Crippen MR) is 64.2 cm³/mol. The van der Waals surface area contributed by atoms with E-state index >= 15 is 0 Å². The number of nitrogens with zero attached hydrogens (tertiary/aromatic N) is 2. The quantitative estimate of drug-likeness (QED) is 0.770. The van der Waals surface area contributed by atoms with Gasteiger partial charge in [0.1, 0.15) is 0 Å². The van der Waals surface area contributed by atoms with Crippen LogP contribution in [-0.2, 0) is 4.79 Å². The van der Waals surface area contributed by atoms with Crippen LogP contribution in [0.3, 0.4) is 0 Å². The number of rotatable bonds is 4. The molecular formula is C12H24N2O2. The van der Waals surface area contributed by atoms with Crippen LogP contribution in [0, 0.1) is 0 Å². The summed E-state index contributed by atoms with van der Waals surface area (Å²) in [5, 5.41) is 8.94. The van der Waals surface area contributed by atoms with E-state index in [0.29, 0.717) is 6.04 Å². The standard InChI is InChI=1S/C12H24N2O2/c1-10(2)14(11(3)16)12-5-4-6-13(9-12)7-8-15/h10,12,15H,4-9H2,1-3H3/t12-/m0/s1. The molecule has 4 heteroatoms.